The van der Waals surface area contributed by atoms with Crippen LogP contribution in [0.1, 0.15) is 33.6 Å². The Kier molecular flexibility index (Phi) is 6.18. The summed E-state index contributed by atoms with van der Waals surface area (Å²) in [5, 5.41) is 0. The maximum absolute atomic E-state index is 12.7. The van der Waals surface area contributed by atoms with Crippen LogP contribution in [0.4, 0.5) is 0 Å². The zero-order valence-electron chi connectivity index (χ0n) is 14.2. The topological polar surface area (TPSA) is 127 Å². The Morgan fingerprint density at radius 2 is 2.04 bits per heavy atom. The molecule has 1 unspecified atom stereocenters. The lowest BCUT2D eigenvalue weighted by atomic mass is 10.0. The summed E-state index contributed by atoms with van der Waals surface area (Å²) in [6, 6.07) is 5.31. The van der Waals surface area contributed by atoms with Crippen molar-refractivity contribution in [3.05, 3.63) is 35.4 Å². The van der Waals surface area contributed by atoms with Crippen molar-refractivity contribution < 1.29 is 28.7 Å². The first-order valence-electron chi connectivity index (χ1n) is 7.92. The molecule has 9 heteroatoms. The van der Waals surface area contributed by atoms with Crippen molar-refractivity contribution >= 4 is 30.0 Å². The van der Waals surface area contributed by atoms with Gasteiger partial charge in [0.1, 0.15) is 6.04 Å². The number of hydrogen-bond donors (Lipinski definition) is 1. The predicted octanol–water partition coefficient (Wildman–Crippen LogP) is -0.452. The average Bonchev–Trinajstić information content (AvgIpc) is 2.66. The van der Waals surface area contributed by atoms with Crippen LogP contribution in [0, 0.1) is 0 Å². The van der Waals surface area contributed by atoms with Crippen molar-refractivity contribution in [2.75, 3.05) is 20.3 Å². The number of piperidine rings is 1. The third kappa shape index (κ3) is 3.94. The molecule has 1 aliphatic rings. The van der Waals surface area contributed by atoms with E-state index >= 15 is 0 Å². The van der Waals surface area contributed by atoms with Crippen LogP contribution < -0.4 is 5.73 Å². The molecule has 138 valence electrons. The van der Waals surface area contributed by atoms with Crippen LogP contribution in [-0.2, 0) is 19.1 Å². The van der Waals surface area contributed by atoms with E-state index in [-0.39, 0.29) is 30.5 Å². The summed E-state index contributed by atoms with van der Waals surface area (Å²) in [6.45, 7) is -0.919. The van der Waals surface area contributed by atoms with Gasteiger partial charge in [0.05, 0.1) is 12.1 Å². The molecule has 0 saturated carbocycles. The number of amides is 3. The highest BCUT2D eigenvalue weighted by molar-refractivity contribution is 6.06. The van der Waals surface area contributed by atoms with Crippen molar-refractivity contribution in [2.24, 2.45) is 5.73 Å². The fraction of sp³-hybridized carbons (Fsp3) is 0.353. The number of carbonyl (C=O) groups is 5. The Balaban J connectivity index is 2.17. The van der Waals surface area contributed by atoms with Gasteiger partial charge in [0.15, 0.2) is 13.0 Å². The second-order valence-corrected chi connectivity index (χ2v) is 5.69. The van der Waals surface area contributed by atoms with Crippen LogP contribution in [0.15, 0.2) is 24.3 Å². The molecule has 0 radical (unpaired) electrons. The van der Waals surface area contributed by atoms with E-state index in [9.17, 15) is 24.0 Å². The first-order chi connectivity index (χ1) is 12.4. The fourth-order valence-corrected chi connectivity index (χ4v) is 2.64. The van der Waals surface area contributed by atoms with Crippen molar-refractivity contribution in [3.8, 4) is 0 Å². The molecule has 2 rings (SSSR count). The van der Waals surface area contributed by atoms with Gasteiger partial charge < -0.3 is 15.4 Å². The van der Waals surface area contributed by atoms with Gasteiger partial charge in [-0.3, -0.25) is 24.0 Å². The minimum Gasteiger partial charge on any atom is -0.443 e. The molecule has 3 amide bonds. The Hall–Kier alpha value is -3.07. The number of rotatable bonds is 6. The standard InChI is InChI=1S/C17H19N3O6/c1-19(16(24)12-5-3-2-4-11(12)9-21)13-6-7-14(22)20(17(13)25)10-26-15(23)8-18/h2-5,9,13H,6-8,10,18H2,1H3. The molecule has 2 N–H and O–H groups in total. The number of aldehydes is 1. The van der Waals surface area contributed by atoms with Crippen LogP contribution in [-0.4, -0.2) is 66.1 Å². The number of hydrogen-bond acceptors (Lipinski definition) is 7. The average molecular weight is 361 g/mol. The lowest BCUT2D eigenvalue weighted by molar-refractivity contribution is -0.163. The van der Waals surface area contributed by atoms with Gasteiger partial charge in [0, 0.05) is 19.0 Å². The number of nitrogens with zero attached hydrogens (tertiary/aromatic N) is 2. The third-order valence-corrected chi connectivity index (χ3v) is 4.11. The number of likely N-dealkylation sites (N-methyl/N-ethyl adjacent to an activating group) is 1. The van der Waals surface area contributed by atoms with Crippen LogP contribution in [0.5, 0.6) is 0 Å². The second-order valence-electron chi connectivity index (χ2n) is 5.69. The maximum Gasteiger partial charge on any atom is 0.321 e. The third-order valence-electron chi connectivity index (χ3n) is 4.11. The second kappa shape index (κ2) is 8.34. The molecule has 1 aromatic rings. The van der Waals surface area contributed by atoms with Crippen molar-refractivity contribution in [3.63, 3.8) is 0 Å². The van der Waals surface area contributed by atoms with E-state index in [0.717, 1.165) is 4.90 Å². The summed E-state index contributed by atoms with van der Waals surface area (Å²) in [7, 11) is 1.42. The molecule has 1 fully saturated rings. The van der Waals surface area contributed by atoms with Gasteiger partial charge in [-0.05, 0) is 12.5 Å². The number of ether oxygens (including phenoxy) is 1. The number of benzene rings is 1. The number of carbonyl (C=O) groups excluding carboxylic acids is 5. The molecule has 1 atom stereocenters. The lowest BCUT2D eigenvalue weighted by Gasteiger charge is -2.35. The van der Waals surface area contributed by atoms with Gasteiger partial charge in [-0.2, -0.15) is 0 Å². The van der Waals surface area contributed by atoms with Gasteiger partial charge in [0.25, 0.3) is 11.8 Å². The number of imide groups is 1. The minimum atomic E-state index is -0.906. The molecule has 0 aromatic heterocycles. The monoisotopic (exact) mass is 361 g/mol. The van der Waals surface area contributed by atoms with Gasteiger partial charge in [-0.15, -0.1) is 0 Å². The lowest BCUT2D eigenvalue weighted by Crippen LogP contribution is -2.55. The molecule has 26 heavy (non-hydrogen) atoms. The first kappa shape index (κ1) is 19.3. The van der Waals surface area contributed by atoms with Crippen LogP contribution in [0.25, 0.3) is 0 Å². The highest BCUT2D eigenvalue weighted by Gasteiger charge is 2.39. The minimum absolute atomic E-state index is 0.0174. The summed E-state index contributed by atoms with van der Waals surface area (Å²) in [5.41, 5.74) is 5.49. The Labute approximate surface area is 149 Å². The zero-order chi connectivity index (χ0) is 19.3. The van der Waals surface area contributed by atoms with Crippen LogP contribution >= 0.6 is 0 Å². The molecular weight excluding hydrogens is 342 g/mol. The molecule has 1 aromatic carbocycles. The predicted molar refractivity (Wildman–Crippen MR) is 88.8 cm³/mol. The van der Waals surface area contributed by atoms with E-state index in [1.54, 1.807) is 12.1 Å². The highest BCUT2D eigenvalue weighted by Crippen LogP contribution is 2.20. The first-order valence-corrected chi connectivity index (χ1v) is 7.92. The molecule has 1 aliphatic heterocycles. The van der Waals surface area contributed by atoms with Crippen LogP contribution in [0.2, 0.25) is 0 Å². The summed E-state index contributed by atoms with van der Waals surface area (Å²) >= 11 is 0. The highest BCUT2D eigenvalue weighted by atomic mass is 16.5. The molecule has 0 bridgehead atoms. The summed E-state index contributed by atoms with van der Waals surface area (Å²) in [6.07, 6.45) is 0.722. The van der Waals surface area contributed by atoms with E-state index in [1.807, 2.05) is 0 Å². The van der Waals surface area contributed by atoms with E-state index < -0.39 is 36.5 Å². The number of likely N-dealkylation sites (tertiary alicyclic amines) is 1. The SMILES string of the molecule is CN(C(=O)c1ccccc1C=O)C1CCC(=O)N(COC(=O)CN)C1=O. The molecular formula is C17H19N3O6. The molecule has 1 heterocycles. The van der Waals surface area contributed by atoms with E-state index in [0.29, 0.717) is 6.29 Å². The van der Waals surface area contributed by atoms with E-state index in [1.165, 1.54) is 24.1 Å². The van der Waals surface area contributed by atoms with Crippen molar-refractivity contribution in [1.82, 2.24) is 9.80 Å². The molecule has 1 saturated heterocycles. The Morgan fingerprint density at radius 1 is 1.35 bits per heavy atom. The van der Waals surface area contributed by atoms with Crippen LogP contribution in [0.3, 0.4) is 0 Å². The zero-order valence-corrected chi connectivity index (χ0v) is 14.2. The number of esters is 1. The Morgan fingerprint density at radius 3 is 2.69 bits per heavy atom. The van der Waals surface area contributed by atoms with E-state index in [2.05, 4.69) is 0 Å². The van der Waals surface area contributed by atoms with Gasteiger partial charge in [-0.1, -0.05) is 18.2 Å². The number of nitrogens with two attached hydrogens (primary N) is 1. The van der Waals surface area contributed by atoms with E-state index in [4.69, 9.17) is 10.5 Å². The van der Waals surface area contributed by atoms with Crippen molar-refractivity contribution in [1.29, 1.82) is 0 Å². The molecule has 0 spiro atoms. The summed E-state index contributed by atoms with van der Waals surface area (Å²) in [5.74, 6) is -2.41. The normalized spacial score (nSPS) is 17.0. The molecule has 0 aliphatic carbocycles. The van der Waals surface area contributed by atoms with Gasteiger partial charge in [-0.25, -0.2) is 4.90 Å². The molecule has 9 nitrogen and oxygen atoms in total. The van der Waals surface area contributed by atoms with Gasteiger partial charge >= 0.3 is 5.97 Å². The quantitative estimate of drug-likeness (QED) is 0.413. The fourth-order valence-electron chi connectivity index (χ4n) is 2.64. The Bertz CT molecular complexity index is 748. The van der Waals surface area contributed by atoms with Gasteiger partial charge in [0.2, 0.25) is 5.91 Å². The summed E-state index contributed by atoms with van der Waals surface area (Å²) in [4.78, 5) is 61.5. The maximum atomic E-state index is 12.7. The largest absolute Gasteiger partial charge is 0.443 e. The summed E-state index contributed by atoms with van der Waals surface area (Å²) < 4.78 is 4.75. The smallest absolute Gasteiger partial charge is 0.321 e. The van der Waals surface area contributed by atoms with Crippen molar-refractivity contribution in [2.45, 2.75) is 18.9 Å².